The van der Waals surface area contributed by atoms with Crippen LogP contribution < -0.4 is 15.6 Å². The Morgan fingerprint density at radius 3 is 2.79 bits per heavy atom. The van der Waals surface area contributed by atoms with Crippen molar-refractivity contribution in [3.63, 3.8) is 0 Å². The number of benzene rings is 2. The Labute approximate surface area is 165 Å². The van der Waals surface area contributed by atoms with E-state index in [0.717, 1.165) is 11.1 Å². The zero-order valence-electron chi connectivity index (χ0n) is 14.7. The second kappa shape index (κ2) is 7.41. The van der Waals surface area contributed by atoms with Crippen LogP contribution in [0.3, 0.4) is 0 Å². The number of hydrogen-bond acceptors (Lipinski definition) is 5. The number of hydrogen-bond donors (Lipinski definition) is 4. The second-order valence-corrected chi connectivity index (χ2v) is 6.86. The smallest absolute Gasteiger partial charge is 0.259 e. The maximum Gasteiger partial charge on any atom is 0.259 e. The van der Waals surface area contributed by atoms with Crippen LogP contribution in [-0.4, -0.2) is 27.5 Å². The number of fused-ring (bicyclic) bond motifs is 2. The number of amides is 1. The van der Waals surface area contributed by atoms with Crippen molar-refractivity contribution in [2.75, 3.05) is 6.54 Å². The third kappa shape index (κ3) is 3.60. The van der Waals surface area contributed by atoms with Gasteiger partial charge in [-0.3, -0.25) is 14.6 Å². The van der Waals surface area contributed by atoms with Crippen molar-refractivity contribution < 1.29 is 14.6 Å². The van der Waals surface area contributed by atoms with Gasteiger partial charge in [-0.2, -0.15) is 0 Å². The molecule has 0 radical (unpaired) electrons. The maximum absolute atomic E-state index is 12.5. The number of carbonyl (C=O) groups is 1. The van der Waals surface area contributed by atoms with Gasteiger partial charge < -0.3 is 20.1 Å². The van der Waals surface area contributed by atoms with E-state index in [0.29, 0.717) is 29.2 Å². The summed E-state index contributed by atoms with van der Waals surface area (Å²) in [5.74, 6) is 0.448. The monoisotopic (exact) mass is 395 g/mol. The molecule has 4 rings (SSSR count). The van der Waals surface area contributed by atoms with Crippen LogP contribution >= 0.6 is 12.2 Å². The lowest BCUT2D eigenvalue weighted by Gasteiger charge is -2.19. The van der Waals surface area contributed by atoms with Gasteiger partial charge in [-0.05, 0) is 35.5 Å². The van der Waals surface area contributed by atoms with Crippen molar-refractivity contribution in [2.24, 2.45) is 0 Å². The topological polar surface area (TPSA) is 107 Å². The Balaban J connectivity index is 1.49. The Bertz CT molecular complexity index is 1150. The lowest BCUT2D eigenvalue weighted by molar-refractivity contribution is 0.0916. The van der Waals surface area contributed by atoms with Gasteiger partial charge in [0.25, 0.3) is 11.5 Å². The van der Waals surface area contributed by atoms with Crippen LogP contribution in [0.25, 0.3) is 0 Å². The highest BCUT2D eigenvalue weighted by Crippen LogP contribution is 2.33. The summed E-state index contributed by atoms with van der Waals surface area (Å²) in [4.78, 5) is 29.8. The van der Waals surface area contributed by atoms with Gasteiger partial charge in [-0.25, -0.2) is 0 Å². The number of aromatic nitrogens is 2. The first-order valence-electron chi connectivity index (χ1n) is 8.69. The molecule has 0 fully saturated rings. The molecule has 8 heteroatoms. The third-order valence-electron chi connectivity index (χ3n) is 4.55. The first-order chi connectivity index (χ1) is 13.5. The number of nitrogens with one attached hydrogen (secondary N) is 3. The number of ether oxygens (including phenoxy) is 1. The number of rotatable bonds is 4. The predicted octanol–water partition coefficient (Wildman–Crippen LogP) is 2.59. The fourth-order valence-corrected chi connectivity index (χ4v) is 3.25. The summed E-state index contributed by atoms with van der Waals surface area (Å²) in [5, 5.41) is 12.9. The normalized spacial score (nSPS) is 13.0. The van der Waals surface area contributed by atoms with Crippen LogP contribution in [0.5, 0.6) is 11.6 Å². The van der Waals surface area contributed by atoms with E-state index < -0.39 is 6.10 Å². The summed E-state index contributed by atoms with van der Waals surface area (Å²) < 4.78 is 5.93. The van der Waals surface area contributed by atoms with Crippen molar-refractivity contribution >= 4 is 18.1 Å². The van der Waals surface area contributed by atoms with Gasteiger partial charge in [0.15, 0.2) is 4.77 Å². The second-order valence-electron chi connectivity index (χ2n) is 6.45. The lowest BCUT2D eigenvalue weighted by Crippen LogP contribution is -2.28. The molecule has 0 saturated heterocycles. The average molecular weight is 395 g/mol. The summed E-state index contributed by atoms with van der Waals surface area (Å²) in [5.41, 5.74) is 2.09. The zero-order valence-corrected chi connectivity index (χ0v) is 15.5. The van der Waals surface area contributed by atoms with Crippen LogP contribution in [-0.2, 0) is 6.42 Å². The number of carbonyl (C=O) groups excluding carboxylic acids is 1. The van der Waals surface area contributed by atoms with E-state index in [1.807, 2.05) is 18.2 Å². The highest BCUT2D eigenvalue weighted by molar-refractivity contribution is 7.71. The minimum absolute atomic E-state index is 0.0894. The van der Waals surface area contributed by atoms with Crippen LogP contribution in [0.4, 0.5) is 0 Å². The summed E-state index contributed by atoms with van der Waals surface area (Å²) in [7, 11) is 0. The van der Waals surface area contributed by atoms with E-state index in [1.165, 1.54) is 0 Å². The minimum Gasteiger partial charge on any atom is -0.440 e. The van der Waals surface area contributed by atoms with Crippen LogP contribution in [0, 0.1) is 4.77 Å². The van der Waals surface area contributed by atoms with Crippen molar-refractivity contribution in [3.05, 3.63) is 85.9 Å². The predicted molar refractivity (Wildman–Crippen MR) is 105 cm³/mol. The van der Waals surface area contributed by atoms with E-state index in [9.17, 15) is 14.7 Å². The quantitative estimate of drug-likeness (QED) is 0.397. The highest BCUT2D eigenvalue weighted by atomic mass is 32.1. The number of H-pyrrole nitrogens is 2. The van der Waals surface area contributed by atoms with E-state index >= 15 is 0 Å². The summed E-state index contributed by atoms with van der Waals surface area (Å²) in [6.07, 6.45) is -0.418. The first-order valence-corrected chi connectivity index (χ1v) is 9.09. The molecule has 1 atom stereocenters. The molecule has 7 nitrogen and oxygen atoms in total. The van der Waals surface area contributed by atoms with Gasteiger partial charge in [0.05, 0.1) is 11.7 Å². The lowest BCUT2D eigenvalue weighted by atomic mass is 10.0. The SMILES string of the molecule is O=C(NCC(O)c1ccccc1)c1ccc2c(c1)Oc1[nH]c(=S)[nH]c(=O)c1C2. The largest absolute Gasteiger partial charge is 0.440 e. The van der Waals surface area contributed by atoms with Crippen LogP contribution in [0.1, 0.15) is 33.2 Å². The molecular weight excluding hydrogens is 378 g/mol. The molecule has 1 unspecified atom stereocenters. The standard InChI is InChI=1S/C20H17N3O4S/c24-15(11-4-2-1-3-5-11)10-21-17(25)13-7-6-12-8-14-18(26)22-20(28)23-19(14)27-16(12)9-13/h1-7,9,15,24H,8,10H2,(H,21,25)(H2,22,23,26,28). The number of aromatic amines is 2. The van der Waals surface area contributed by atoms with Gasteiger partial charge in [0.1, 0.15) is 5.75 Å². The highest BCUT2D eigenvalue weighted by Gasteiger charge is 2.22. The van der Waals surface area contributed by atoms with E-state index in [-0.39, 0.29) is 22.8 Å². The first kappa shape index (κ1) is 18.1. The van der Waals surface area contributed by atoms with E-state index in [1.54, 1.807) is 30.3 Å². The molecule has 1 aliphatic heterocycles. The molecule has 0 bridgehead atoms. The minimum atomic E-state index is -0.794. The summed E-state index contributed by atoms with van der Waals surface area (Å²) in [6.45, 7) is 0.0894. The molecule has 0 spiro atoms. The van der Waals surface area contributed by atoms with Crippen molar-refractivity contribution in [3.8, 4) is 11.6 Å². The fourth-order valence-electron chi connectivity index (χ4n) is 3.06. The van der Waals surface area contributed by atoms with Gasteiger partial charge >= 0.3 is 0 Å². The molecule has 2 heterocycles. The van der Waals surface area contributed by atoms with Crippen LogP contribution in [0.2, 0.25) is 0 Å². The van der Waals surface area contributed by atoms with Crippen LogP contribution in [0.15, 0.2) is 53.3 Å². The fraction of sp³-hybridized carbons (Fsp3) is 0.150. The summed E-state index contributed by atoms with van der Waals surface area (Å²) in [6, 6.07) is 14.1. The van der Waals surface area contributed by atoms with Crippen molar-refractivity contribution in [2.45, 2.75) is 12.5 Å². The van der Waals surface area contributed by atoms with Gasteiger partial charge in [-0.15, -0.1) is 0 Å². The third-order valence-corrected chi connectivity index (χ3v) is 4.76. The molecule has 0 aliphatic carbocycles. The Morgan fingerprint density at radius 2 is 2.00 bits per heavy atom. The average Bonchev–Trinajstić information content (AvgIpc) is 2.70. The maximum atomic E-state index is 12.5. The van der Waals surface area contributed by atoms with E-state index in [4.69, 9.17) is 17.0 Å². The summed E-state index contributed by atoms with van der Waals surface area (Å²) >= 11 is 4.97. The van der Waals surface area contributed by atoms with Gasteiger partial charge in [-0.1, -0.05) is 36.4 Å². The molecule has 2 aromatic carbocycles. The number of aliphatic hydroxyl groups is 1. The Kier molecular flexibility index (Phi) is 4.81. The van der Waals surface area contributed by atoms with Crippen molar-refractivity contribution in [1.29, 1.82) is 0 Å². The molecule has 1 amide bonds. The molecule has 1 aromatic heterocycles. The molecule has 4 N–H and O–H groups in total. The van der Waals surface area contributed by atoms with Gasteiger partial charge in [0, 0.05) is 18.5 Å². The molecule has 1 aliphatic rings. The molecule has 28 heavy (non-hydrogen) atoms. The molecular formula is C20H17N3O4S. The van der Waals surface area contributed by atoms with Crippen molar-refractivity contribution in [1.82, 2.24) is 15.3 Å². The Hall–Kier alpha value is -3.23. The van der Waals surface area contributed by atoms with Gasteiger partial charge in [0.2, 0.25) is 5.88 Å². The molecule has 0 saturated carbocycles. The number of aliphatic hydroxyl groups excluding tert-OH is 1. The van der Waals surface area contributed by atoms with E-state index in [2.05, 4.69) is 15.3 Å². The Morgan fingerprint density at radius 1 is 1.21 bits per heavy atom. The zero-order chi connectivity index (χ0) is 19.7. The molecule has 3 aromatic rings. The molecule has 142 valence electrons.